The molecule has 0 spiro atoms. The summed E-state index contributed by atoms with van der Waals surface area (Å²) >= 11 is 2.65. The fourth-order valence-electron chi connectivity index (χ4n) is 1.75. The second-order valence-corrected chi connectivity index (χ2v) is 7.00. The van der Waals surface area contributed by atoms with Crippen molar-refractivity contribution in [2.24, 2.45) is 4.99 Å². The molecule has 2 aromatic heterocycles. The van der Waals surface area contributed by atoms with E-state index in [1.54, 1.807) is 11.3 Å². The number of hydrogen-bond donors (Lipinski definition) is 2. The molecule has 2 N–H and O–H groups in total. The first-order chi connectivity index (χ1) is 10.9. The molecule has 0 bridgehead atoms. The Balaban J connectivity index is 1.95. The number of thiophene rings is 1. The highest BCUT2D eigenvalue weighted by Gasteiger charge is 2.33. The van der Waals surface area contributed by atoms with Gasteiger partial charge in [-0.3, -0.25) is 0 Å². The Morgan fingerprint density at radius 2 is 2.09 bits per heavy atom. The van der Waals surface area contributed by atoms with Crippen LogP contribution in [0.25, 0.3) is 0 Å². The molecule has 2 rings (SSSR count). The summed E-state index contributed by atoms with van der Waals surface area (Å²) in [6.07, 6.45) is -4.40. The molecule has 4 nitrogen and oxygen atoms in total. The van der Waals surface area contributed by atoms with Gasteiger partial charge in [0.15, 0.2) is 11.7 Å². The standard InChI is InChI=1S/C14H17F3N4S2/c1-3-18-13(19-6-10-5-4-9(2)23-10)20-7-12-21-11(8-22-12)14(15,16)17/h4-5,8H,3,6-7H2,1-2H3,(H2,18,19,20). The second-order valence-electron chi connectivity index (χ2n) is 4.69. The van der Waals surface area contributed by atoms with E-state index in [0.717, 1.165) is 21.6 Å². The van der Waals surface area contributed by atoms with Crippen molar-refractivity contribution >= 4 is 28.6 Å². The summed E-state index contributed by atoms with van der Waals surface area (Å²) in [5.74, 6) is 0.558. The molecule has 0 fully saturated rings. The number of nitrogens with one attached hydrogen (secondary N) is 2. The molecule has 0 aliphatic rings. The van der Waals surface area contributed by atoms with E-state index in [4.69, 9.17) is 0 Å². The van der Waals surface area contributed by atoms with Crippen molar-refractivity contribution in [3.8, 4) is 0 Å². The third-order valence-electron chi connectivity index (χ3n) is 2.78. The van der Waals surface area contributed by atoms with E-state index in [2.05, 4.69) is 20.6 Å². The topological polar surface area (TPSA) is 49.3 Å². The Kier molecular flexibility index (Phi) is 6.00. The van der Waals surface area contributed by atoms with E-state index in [-0.39, 0.29) is 6.54 Å². The van der Waals surface area contributed by atoms with Crippen LogP contribution < -0.4 is 10.6 Å². The van der Waals surface area contributed by atoms with E-state index in [1.165, 1.54) is 4.88 Å². The SMILES string of the molecule is CCNC(=NCc1ccc(C)s1)NCc1nc(C(F)(F)F)cs1. The first-order valence-corrected chi connectivity index (χ1v) is 8.67. The maximum atomic E-state index is 12.5. The number of aromatic nitrogens is 1. The number of rotatable bonds is 5. The minimum atomic E-state index is -4.40. The largest absolute Gasteiger partial charge is 0.434 e. The first kappa shape index (κ1) is 17.7. The highest BCUT2D eigenvalue weighted by atomic mass is 32.1. The molecular weight excluding hydrogens is 345 g/mol. The fourth-order valence-corrected chi connectivity index (χ4v) is 3.31. The van der Waals surface area contributed by atoms with E-state index in [1.807, 2.05) is 26.0 Å². The molecule has 0 radical (unpaired) electrons. The monoisotopic (exact) mass is 362 g/mol. The van der Waals surface area contributed by atoms with Gasteiger partial charge in [0, 0.05) is 21.7 Å². The Bertz CT molecular complexity index is 661. The molecule has 0 amide bonds. The van der Waals surface area contributed by atoms with Crippen LogP contribution in [-0.4, -0.2) is 17.5 Å². The van der Waals surface area contributed by atoms with Crippen LogP contribution in [0.15, 0.2) is 22.5 Å². The number of halogens is 3. The summed E-state index contributed by atoms with van der Waals surface area (Å²) in [4.78, 5) is 10.4. The van der Waals surface area contributed by atoms with Crippen LogP contribution in [0.5, 0.6) is 0 Å². The highest BCUT2D eigenvalue weighted by molar-refractivity contribution is 7.11. The van der Waals surface area contributed by atoms with E-state index < -0.39 is 11.9 Å². The summed E-state index contributed by atoms with van der Waals surface area (Å²) in [6, 6.07) is 4.05. The summed E-state index contributed by atoms with van der Waals surface area (Å²) in [5.41, 5.74) is -0.852. The van der Waals surface area contributed by atoms with Crippen molar-refractivity contribution in [3.05, 3.63) is 38.0 Å². The molecule has 23 heavy (non-hydrogen) atoms. The van der Waals surface area contributed by atoms with Crippen molar-refractivity contribution < 1.29 is 13.2 Å². The molecule has 0 atom stereocenters. The van der Waals surface area contributed by atoms with Crippen LogP contribution in [0.2, 0.25) is 0 Å². The number of nitrogens with zero attached hydrogens (tertiary/aromatic N) is 2. The van der Waals surface area contributed by atoms with Crippen molar-refractivity contribution in [1.29, 1.82) is 0 Å². The van der Waals surface area contributed by atoms with Gasteiger partial charge in [0.1, 0.15) is 5.01 Å². The summed E-state index contributed by atoms with van der Waals surface area (Å²) in [6.45, 7) is 5.36. The molecule has 2 heterocycles. The lowest BCUT2D eigenvalue weighted by molar-refractivity contribution is -0.140. The van der Waals surface area contributed by atoms with Crippen molar-refractivity contribution in [3.63, 3.8) is 0 Å². The van der Waals surface area contributed by atoms with Crippen LogP contribution >= 0.6 is 22.7 Å². The van der Waals surface area contributed by atoms with Gasteiger partial charge < -0.3 is 10.6 Å². The van der Waals surface area contributed by atoms with Gasteiger partial charge in [-0.05, 0) is 26.0 Å². The molecule has 0 saturated carbocycles. The molecule has 0 aromatic carbocycles. The number of thiazole rings is 1. The van der Waals surface area contributed by atoms with Gasteiger partial charge in [0.25, 0.3) is 0 Å². The lowest BCUT2D eigenvalue weighted by Gasteiger charge is -2.09. The predicted molar refractivity (Wildman–Crippen MR) is 87.8 cm³/mol. The van der Waals surface area contributed by atoms with E-state index in [0.29, 0.717) is 24.1 Å². The molecular formula is C14H17F3N4S2. The van der Waals surface area contributed by atoms with E-state index in [9.17, 15) is 13.2 Å². The lowest BCUT2D eigenvalue weighted by atomic mass is 10.4. The lowest BCUT2D eigenvalue weighted by Crippen LogP contribution is -2.36. The fraction of sp³-hybridized carbons (Fsp3) is 0.429. The zero-order valence-electron chi connectivity index (χ0n) is 12.7. The van der Waals surface area contributed by atoms with Gasteiger partial charge in [0.05, 0.1) is 13.1 Å². The number of hydrogen-bond acceptors (Lipinski definition) is 4. The van der Waals surface area contributed by atoms with Crippen LogP contribution in [0, 0.1) is 6.92 Å². The van der Waals surface area contributed by atoms with Crippen LogP contribution in [0.4, 0.5) is 13.2 Å². The predicted octanol–water partition coefficient (Wildman–Crippen LogP) is 3.79. The van der Waals surface area contributed by atoms with Crippen molar-refractivity contribution in [1.82, 2.24) is 15.6 Å². The van der Waals surface area contributed by atoms with Gasteiger partial charge in [-0.1, -0.05) is 0 Å². The molecule has 0 saturated heterocycles. The van der Waals surface area contributed by atoms with Gasteiger partial charge in [-0.15, -0.1) is 22.7 Å². The molecule has 2 aromatic rings. The van der Waals surface area contributed by atoms with Crippen molar-refractivity contribution in [2.75, 3.05) is 6.54 Å². The molecule has 0 unspecified atom stereocenters. The summed E-state index contributed by atoms with van der Waals surface area (Å²) in [7, 11) is 0. The van der Waals surface area contributed by atoms with Gasteiger partial charge in [0.2, 0.25) is 0 Å². The molecule has 126 valence electrons. The number of aliphatic imine (C=N–C) groups is 1. The number of guanidine groups is 1. The third-order valence-corrected chi connectivity index (χ3v) is 4.62. The average Bonchev–Trinajstić information content (AvgIpc) is 3.10. The zero-order valence-corrected chi connectivity index (χ0v) is 14.3. The second kappa shape index (κ2) is 7.78. The van der Waals surface area contributed by atoms with Crippen LogP contribution in [-0.2, 0) is 19.3 Å². The van der Waals surface area contributed by atoms with E-state index >= 15 is 0 Å². The average molecular weight is 362 g/mol. The first-order valence-electron chi connectivity index (χ1n) is 6.97. The maximum absolute atomic E-state index is 12.5. The third kappa shape index (κ3) is 5.51. The smallest absolute Gasteiger partial charge is 0.357 e. The zero-order chi connectivity index (χ0) is 16.9. The number of alkyl halides is 3. The number of aryl methyl sites for hydroxylation is 1. The Hall–Kier alpha value is -1.61. The molecule has 9 heteroatoms. The van der Waals surface area contributed by atoms with Crippen LogP contribution in [0.3, 0.4) is 0 Å². The van der Waals surface area contributed by atoms with Gasteiger partial charge >= 0.3 is 6.18 Å². The maximum Gasteiger partial charge on any atom is 0.434 e. The normalized spacial score (nSPS) is 12.5. The Morgan fingerprint density at radius 1 is 1.30 bits per heavy atom. The highest BCUT2D eigenvalue weighted by Crippen LogP contribution is 2.29. The quantitative estimate of drug-likeness (QED) is 0.629. The van der Waals surface area contributed by atoms with Gasteiger partial charge in [-0.2, -0.15) is 13.2 Å². The Morgan fingerprint density at radius 3 is 2.65 bits per heavy atom. The van der Waals surface area contributed by atoms with Gasteiger partial charge in [-0.25, -0.2) is 9.98 Å². The Labute approximate surface area is 140 Å². The van der Waals surface area contributed by atoms with Crippen molar-refractivity contribution in [2.45, 2.75) is 33.1 Å². The summed E-state index contributed by atoms with van der Waals surface area (Å²) in [5, 5.41) is 7.46. The summed E-state index contributed by atoms with van der Waals surface area (Å²) < 4.78 is 37.6. The van der Waals surface area contributed by atoms with Crippen LogP contribution in [0.1, 0.15) is 27.4 Å². The molecule has 0 aliphatic carbocycles. The molecule has 0 aliphatic heterocycles. The minimum Gasteiger partial charge on any atom is -0.357 e. The minimum absolute atomic E-state index is 0.204.